The molecule has 1 aliphatic carbocycles. The molecule has 0 saturated heterocycles. The molecule has 2 rings (SSSR count). The maximum atomic E-state index is 10.4. The minimum atomic E-state index is -0.324. The van der Waals surface area contributed by atoms with Gasteiger partial charge in [0.15, 0.2) is 0 Å². The Morgan fingerprint density at radius 3 is 2.75 bits per heavy atom. The number of rotatable bonds is 3. The molecule has 1 unspecified atom stereocenters. The Morgan fingerprint density at radius 2 is 2.12 bits per heavy atom. The first-order valence-corrected chi connectivity index (χ1v) is 6.42. The van der Waals surface area contributed by atoms with Gasteiger partial charge in [0, 0.05) is 12.7 Å². The second-order valence-electron chi connectivity index (χ2n) is 5.04. The third-order valence-electron chi connectivity index (χ3n) is 3.86. The highest BCUT2D eigenvalue weighted by Gasteiger charge is 2.27. The topological polar surface area (TPSA) is 38.0 Å². The van der Waals surface area contributed by atoms with E-state index >= 15 is 0 Å². The van der Waals surface area contributed by atoms with E-state index in [4.69, 9.17) is 0 Å². The van der Waals surface area contributed by atoms with Crippen molar-refractivity contribution >= 4 is 0 Å². The highest BCUT2D eigenvalue weighted by Crippen LogP contribution is 2.36. The number of aryl methyl sites for hydroxylation is 1. The van der Waals surface area contributed by atoms with Gasteiger partial charge in [-0.1, -0.05) is 19.8 Å². The van der Waals surface area contributed by atoms with Gasteiger partial charge in [0.25, 0.3) is 0 Å². The van der Waals surface area contributed by atoms with E-state index in [0.717, 1.165) is 31.0 Å². The summed E-state index contributed by atoms with van der Waals surface area (Å²) in [6.45, 7) is 5.20. The molecule has 0 aliphatic heterocycles. The molecule has 1 aliphatic rings. The zero-order valence-corrected chi connectivity index (χ0v) is 10.3. The Kier molecular flexibility index (Phi) is 3.64. The average molecular weight is 222 g/mol. The lowest BCUT2D eigenvalue weighted by Gasteiger charge is -2.30. The van der Waals surface area contributed by atoms with E-state index in [9.17, 15) is 5.11 Å². The SMILES string of the molecule is CCn1nccc1C(O)C1CCC(C)CC1. The van der Waals surface area contributed by atoms with Gasteiger partial charge in [0.1, 0.15) is 0 Å². The van der Waals surface area contributed by atoms with Crippen molar-refractivity contribution in [3.8, 4) is 0 Å². The van der Waals surface area contributed by atoms with Crippen LogP contribution in [0.2, 0.25) is 0 Å². The first-order chi connectivity index (χ1) is 7.72. The van der Waals surface area contributed by atoms with Gasteiger partial charge in [-0.3, -0.25) is 4.68 Å². The fourth-order valence-corrected chi connectivity index (χ4v) is 2.70. The lowest BCUT2D eigenvalue weighted by atomic mass is 9.79. The first kappa shape index (κ1) is 11.6. The molecule has 1 saturated carbocycles. The number of aliphatic hydroxyl groups is 1. The van der Waals surface area contributed by atoms with Crippen LogP contribution in [0, 0.1) is 11.8 Å². The van der Waals surface area contributed by atoms with E-state index in [1.807, 2.05) is 10.7 Å². The Bertz CT molecular complexity index is 326. The van der Waals surface area contributed by atoms with E-state index in [-0.39, 0.29) is 6.10 Å². The molecule has 3 nitrogen and oxygen atoms in total. The minimum absolute atomic E-state index is 0.324. The van der Waals surface area contributed by atoms with Crippen molar-refractivity contribution in [3.05, 3.63) is 18.0 Å². The van der Waals surface area contributed by atoms with Crippen LogP contribution < -0.4 is 0 Å². The second-order valence-corrected chi connectivity index (χ2v) is 5.04. The van der Waals surface area contributed by atoms with Crippen LogP contribution in [0.3, 0.4) is 0 Å². The van der Waals surface area contributed by atoms with E-state index in [1.54, 1.807) is 6.20 Å². The molecule has 0 spiro atoms. The van der Waals surface area contributed by atoms with Crippen LogP contribution in [-0.2, 0) is 6.54 Å². The minimum Gasteiger partial charge on any atom is -0.387 e. The van der Waals surface area contributed by atoms with Gasteiger partial charge in [-0.25, -0.2) is 0 Å². The van der Waals surface area contributed by atoms with Gasteiger partial charge in [0.05, 0.1) is 11.8 Å². The normalized spacial score (nSPS) is 27.9. The lowest BCUT2D eigenvalue weighted by molar-refractivity contribution is 0.0682. The molecule has 1 N–H and O–H groups in total. The molecular weight excluding hydrogens is 200 g/mol. The number of aliphatic hydroxyl groups excluding tert-OH is 1. The molecule has 1 atom stereocenters. The predicted molar refractivity (Wildman–Crippen MR) is 64.0 cm³/mol. The van der Waals surface area contributed by atoms with Crippen LogP contribution in [0.4, 0.5) is 0 Å². The summed E-state index contributed by atoms with van der Waals surface area (Å²) in [5, 5.41) is 14.6. The van der Waals surface area contributed by atoms with Crippen LogP contribution in [0.1, 0.15) is 51.3 Å². The summed E-state index contributed by atoms with van der Waals surface area (Å²) in [7, 11) is 0. The van der Waals surface area contributed by atoms with Crippen LogP contribution >= 0.6 is 0 Å². The summed E-state index contributed by atoms with van der Waals surface area (Å²) >= 11 is 0. The molecule has 90 valence electrons. The van der Waals surface area contributed by atoms with Crippen molar-refractivity contribution in [2.45, 2.75) is 52.2 Å². The number of nitrogens with zero attached hydrogens (tertiary/aromatic N) is 2. The summed E-state index contributed by atoms with van der Waals surface area (Å²) in [6, 6.07) is 1.95. The largest absolute Gasteiger partial charge is 0.387 e. The molecule has 0 aromatic carbocycles. The summed E-state index contributed by atoms with van der Waals surface area (Å²) in [6.07, 6.45) is 6.27. The summed E-state index contributed by atoms with van der Waals surface area (Å²) in [5.74, 6) is 1.26. The first-order valence-electron chi connectivity index (χ1n) is 6.42. The quantitative estimate of drug-likeness (QED) is 0.854. The van der Waals surface area contributed by atoms with Crippen LogP contribution in [0.15, 0.2) is 12.3 Å². The van der Waals surface area contributed by atoms with E-state index in [2.05, 4.69) is 18.9 Å². The highest BCUT2D eigenvalue weighted by atomic mass is 16.3. The van der Waals surface area contributed by atoms with Crippen molar-refractivity contribution in [1.29, 1.82) is 0 Å². The Balaban J connectivity index is 2.04. The standard InChI is InChI=1S/C13H22N2O/c1-3-15-12(8-9-14-15)13(16)11-6-4-10(2)5-7-11/h8-11,13,16H,3-7H2,1-2H3. The van der Waals surface area contributed by atoms with Gasteiger partial charge >= 0.3 is 0 Å². The zero-order valence-electron chi connectivity index (χ0n) is 10.3. The molecule has 1 heterocycles. The van der Waals surface area contributed by atoms with Crippen molar-refractivity contribution in [3.63, 3.8) is 0 Å². The van der Waals surface area contributed by atoms with Crippen molar-refractivity contribution in [2.75, 3.05) is 0 Å². The van der Waals surface area contributed by atoms with E-state index in [0.29, 0.717) is 5.92 Å². The van der Waals surface area contributed by atoms with E-state index < -0.39 is 0 Å². The summed E-state index contributed by atoms with van der Waals surface area (Å²) in [5.41, 5.74) is 0.988. The maximum absolute atomic E-state index is 10.4. The Morgan fingerprint density at radius 1 is 1.44 bits per heavy atom. The van der Waals surface area contributed by atoms with Crippen molar-refractivity contribution in [2.24, 2.45) is 11.8 Å². The molecule has 1 fully saturated rings. The monoisotopic (exact) mass is 222 g/mol. The lowest BCUT2D eigenvalue weighted by Crippen LogP contribution is -2.21. The second kappa shape index (κ2) is 5.00. The van der Waals surface area contributed by atoms with Gasteiger partial charge < -0.3 is 5.11 Å². The molecule has 16 heavy (non-hydrogen) atoms. The van der Waals surface area contributed by atoms with Crippen LogP contribution in [-0.4, -0.2) is 14.9 Å². The van der Waals surface area contributed by atoms with Gasteiger partial charge in [-0.15, -0.1) is 0 Å². The number of aromatic nitrogens is 2. The zero-order chi connectivity index (χ0) is 11.5. The van der Waals surface area contributed by atoms with Crippen LogP contribution in [0.5, 0.6) is 0 Å². The maximum Gasteiger partial charge on any atom is 0.0984 e. The molecule has 1 aromatic heterocycles. The van der Waals surface area contributed by atoms with Crippen LogP contribution in [0.25, 0.3) is 0 Å². The van der Waals surface area contributed by atoms with Crippen molar-refractivity contribution in [1.82, 2.24) is 9.78 Å². The fourth-order valence-electron chi connectivity index (χ4n) is 2.70. The highest BCUT2D eigenvalue weighted by molar-refractivity contribution is 5.06. The predicted octanol–water partition coefficient (Wildman–Crippen LogP) is 2.76. The van der Waals surface area contributed by atoms with Gasteiger partial charge in [-0.05, 0) is 37.7 Å². The Hall–Kier alpha value is -0.830. The molecule has 1 aromatic rings. The van der Waals surface area contributed by atoms with Gasteiger partial charge in [0.2, 0.25) is 0 Å². The average Bonchev–Trinajstić information content (AvgIpc) is 2.77. The molecule has 0 amide bonds. The summed E-state index contributed by atoms with van der Waals surface area (Å²) < 4.78 is 1.91. The third-order valence-corrected chi connectivity index (χ3v) is 3.86. The molecule has 0 bridgehead atoms. The smallest absolute Gasteiger partial charge is 0.0984 e. The third kappa shape index (κ3) is 2.29. The van der Waals surface area contributed by atoms with Gasteiger partial charge in [-0.2, -0.15) is 5.10 Å². The molecule has 3 heteroatoms. The number of hydrogen-bond acceptors (Lipinski definition) is 2. The molecular formula is C13H22N2O. The molecule has 0 radical (unpaired) electrons. The van der Waals surface area contributed by atoms with Crippen molar-refractivity contribution < 1.29 is 5.11 Å². The fraction of sp³-hybridized carbons (Fsp3) is 0.769. The number of hydrogen-bond donors (Lipinski definition) is 1. The Labute approximate surface area is 97.5 Å². The summed E-state index contributed by atoms with van der Waals surface area (Å²) in [4.78, 5) is 0. The van der Waals surface area contributed by atoms with E-state index in [1.165, 1.54) is 12.8 Å².